The highest BCUT2D eigenvalue weighted by Crippen LogP contribution is 2.41. The zero-order valence-electron chi connectivity index (χ0n) is 10.3. The summed E-state index contributed by atoms with van der Waals surface area (Å²) in [5.74, 6) is 0. The summed E-state index contributed by atoms with van der Waals surface area (Å²) in [6.07, 6.45) is 3.79. The van der Waals surface area contributed by atoms with Gasteiger partial charge < -0.3 is 0 Å². The van der Waals surface area contributed by atoms with Crippen molar-refractivity contribution in [3.63, 3.8) is 0 Å². The van der Waals surface area contributed by atoms with Gasteiger partial charge in [-0.2, -0.15) is 0 Å². The third-order valence-electron chi connectivity index (χ3n) is 4.15. The molecule has 17 heavy (non-hydrogen) atoms. The zero-order chi connectivity index (χ0) is 11.7. The topological polar surface area (TPSA) is 0 Å². The lowest BCUT2D eigenvalue weighted by Crippen LogP contribution is -2.28. The van der Waals surface area contributed by atoms with Crippen molar-refractivity contribution < 1.29 is 0 Å². The second kappa shape index (κ2) is 4.03. The van der Waals surface area contributed by atoms with E-state index >= 15 is 0 Å². The SMILES string of the molecule is CC1(c2ccccc2)CCCc2ccccc21. The Morgan fingerprint density at radius 2 is 1.59 bits per heavy atom. The fourth-order valence-electron chi connectivity index (χ4n) is 3.15. The molecule has 0 aromatic heterocycles. The summed E-state index contributed by atoms with van der Waals surface area (Å²) in [6.45, 7) is 2.39. The summed E-state index contributed by atoms with van der Waals surface area (Å²) in [4.78, 5) is 0. The highest BCUT2D eigenvalue weighted by Gasteiger charge is 2.32. The van der Waals surface area contributed by atoms with E-state index in [0.717, 1.165) is 0 Å². The molecule has 0 saturated carbocycles. The number of aryl methyl sites for hydroxylation is 1. The largest absolute Gasteiger partial charge is 0.0622 e. The third-order valence-corrected chi connectivity index (χ3v) is 4.15. The molecule has 86 valence electrons. The van der Waals surface area contributed by atoms with E-state index < -0.39 is 0 Å². The fourth-order valence-corrected chi connectivity index (χ4v) is 3.15. The molecule has 2 aromatic rings. The van der Waals surface area contributed by atoms with Gasteiger partial charge in [0.2, 0.25) is 0 Å². The fraction of sp³-hybridized carbons (Fsp3) is 0.294. The smallest absolute Gasteiger partial charge is 0.0177 e. The standard InChI is InChI=1S/C17H18/c1-17(15-10-3-2-4-11-15)13-7-9-14-8-5-6-12-16(14)17/h2-6,8,10-12H,7,9,13H2,1H3. The van der Waals surface area contributed by atoms with Crippen LogP contribution in [0.3, 0.4) is 0 Å². The minimum absolute atomic E-state index is 0.204. The quantitative estimate of drug-likeness (QED) is 0.673. The maximum Gasteiger partial charge on any atom is 0.0177 e. The van der Waals surface area contributed by atoms with Gasteiger partial charge in [0.1, 0.15) is 0 Å². The number of fused-ring (bicyclic) bond motifs is 1. The van der Waals surface area contributed by atoms with Crippen LogP contribution in [0.4, 0.5) is 0 Å². The second-order valence-corrected chi connectivity index (χ2v) is 5.21. The first kappa shape index (κ1) is 10.6. The second-order valence-electron chi connectivity index (χ2n) is 5.21. The van der Waals surface area contributed by atoms with Crippen LogP contribution in [0, 0.1) is 0 Å². The molecule has 0 spiro atoms. The van der Waals surface area contributed by atoms with Crippen LogP contribution in [0.25, 0.3) is 0 Å². The normalized spacial score (nSPS) is 23.1. The number of benzene rings is 2. The van der Waals surface area contributed by atoms with Crippen molar-refractivity contribution in [2.75, 3.05) is 0 Å². The van der Waals surface area contributed by atoms with Crippen molar-refractivity contribution in [3.8, 4) is 0 Å². The van der Waals surface area contributed by atoms with Crippen LogP contribution in [0.1, 0.15) is 36.5 Å². The number of hydrogen-bond acceptors (Lipinski definition) is 0. The predicted octanol–water partition coefficient (Wildman–Crippen LogP) is 4.33. The number of rotatable bonds is 1. The van der Waals surface area contributed by atoms with Crippen molar-refractivity contribution in [3.05, 3.63) is 71.3 Å². The van der Waals surface area contributed by atoms with E-state index in [1.807, 2.05) is 0 Å². The van der Waals surface area contributed by atoms with Crippen LogP contribution in [-0.4, -0.2) is 0 Å². The Morgan fingerprint density at radius 3 is 2.41 bits per heavy atom. The van der Waals surface area contributed by atoms with Gasteiger partial charge in [-0.25, -0.2) is 0 Å². The molecule has 0 radical (unpaired) electrons. The molecule has 0 saturated heterocycles. The Hall–Kier alpha value is -1.56. The van der Waals surface area contributed by atoms with Gasteiger partial charge in [0, 0.05) is 5.41 Å². The maximum absolute atomic E-state index is 2.39. The van der Waals surface area contributed by atoms with Crippen molar-refractivity contribution in [1.82, 2.24) is 0 Å². The third kappa shape index (κ3) is 1.68. The molecule has 0 amide bonds. The van der Waals surface area contributed by atoms with Crippen molar-refractivity contribution in [2.45, 2.75) is 31.6 Å². The molecule has 0 aliphatic heterocycles. The summed E-state index contributed by atoms with van der Waals surface area (Å²) < 4.78 is 0. The first-order chi connectivity index (χ1) is 8.31. The van der Waals surface area contributed by atoms with E-state index in [2.05, 4.69) is 61.5 Å². The van der Waals surface area contributed by atoms with E-state index in [1.165, 1.54) is 36.0 Å². The molecule has 1 unspecified atom stereocenters. The van der Waals surface area contributed by atoms with E-state index in [9.17, 15) is 0 Å². The summed E-state index contributed by atoms with van der Waals surface area (Å²) in [5.41, 5.74) is 4.71. The Bertz CT molecular complexity index is 513. The first-order valence-electron chi connectivity index (χ1n) is 6.45. The molecule has 0 nitrogen and oxygen atoms in total. The van der Waals surface area contributed by atoms with Crippen molar-refractivity contribution in [2.24, 2.45) is 0 Å². The molecular weight excluding hydrogens is 204 g/mol. The minimum atomic E-state index is 0.204. The monoisotopic (exact) mass is 222 g/mol. The van der Waals surface area contributed by atoms with E-state index in [4.69, 9.17) is 0 Å². The molecule has 2 aromatic carbocycles. The Balaban J connectivity index is 2.16. The predicted molar refractivity (Wildman–Crippen MR) is 72.3 cm³/mol. The van der Waals surface area contributed by atoms with Gasteiger partial charge >= 0.3 is 0 Å². The van der Waals surface area contributed by atoms with Crippen LogP contribution in [0.5, 0.6) is 0 Å². The van der Waals surface area contributed by atoms with Crippen LogP contribution in [0.15, 0.2) is 54.6 Å². The molecule has 3 rings (SSSR count). The molecular formula is C17H18. The van der Waals surface area contributed by atoms with Gasteiger partial charge in [0.05, 0.1) is 0 Å². The van der Waals surface area contributed by atoms with Gasteiger partial charge in [0.25, 0.3) is 0 Å². The molecule has 0 fully saturated rings. The summed E-state index contributed by atoms with van der Waals surface area (Å²) in [5, 5.41) is 0. The summed E-state index contributed by atoms with van der Waals surface area (Å²) in [7, 11) is 0. The highest BCUT2D eigenvalue weighted by molar-refractivity contribution is 5.44. The molecule has 1 aliphatic rings. The molecule has 0 heteroatoms. The average molecular weight is 222 g/mol. The van der Waals surface area contributed by atoms with Gasteiger partial charge in [-0.15, -0.1) is 0 Å². The van der Waals surface area contributed by atoms with E-state index in [-0.39, 0.29) is 5.41 Å². The Kier molecular flexibility index (Phi) is 2.51. The van der Waals surface area contributed by atoms with Crippen LogP contribution >= 0.6 is 0 Å². The van der Waals surface area contributed by atoms with Crippen LogP contribution in [0.2, 0.25) is 0 Å². The van der Waals surface area contributed by atoms with Gasteiger partial charge in [-0.05, 0) is 36.0 Å². The van der Waals surface area contributed by atoms with Crippen LogP contribution < -0.4 is 0 Å². The molecule has 0 bridgehead atoms. The van der Waals surface area contributed by atoms with Crippen molar-refractivity contribution >= 4 is 0 Å². The first-order valence-corrected chi connectivity index (χ1v) is 6.45. The maximum atomic E-state index is 2.39. The lowest BCUT2D eigenvalue weighted by atomic mass is 9.67. The average Bonchev–Trinajstić information content (AvgIpc) is 2.40. The molecule has 1 atom stereocenters. The Labute approximate surface area is 103 Å². The molecule has 0 heterocycles. The summed E-state index contributed by atoms with van der Waals surface area (Å²) in [6, 6.07) is 19.9. The van der Waals surface area contributed by atoms with Crippen molar-refractivity contribution in [1.29, 1.82) is 0 Å². The van der Waals surface area contributed by atoms with E-state index in [0.29, 0.717) is 0 Å². The molecule has 1 aliphatic carbocycles. The zero-order valence-corrected chi connectivity index (χ0v) is 10.3. The van der Waals surface area contributed by atoms with Gasteiger partial charge in [0.15, 0.2) is 0 Å². The number of hydrogen-bond donors (Lipinski definition) is 0. The highest BCUT2D eigenvalue weighted by atomic mass is 14.4. The summed E-state index contributed by atoms with van der Waals surface area (Å²) >= 11 is 0. The van der Waals surface area contributed by atoms with E-state index in [1.54, 1.807) is 0 Å². The Morgan fingerprint density at radius 1 is 0.882 bits per heavy atom. The lowest BCUT2D eigenvalue weighted by molar-refractivity contribution is 0.465. The van der Waals surface area contributed by atoms with Gasteiger partial charge in [-0.1, -0.05) is 61.5 Å². The lowest BCUT2D eigenvalue weighted by Gasteiger charge is -2.36. The van der Waals surface area contributed by atoms with Crippen LogP contribution in [-0.2, 0) is 11.8 Å². The molecule has 0 N–H and O–H groups in total. The minimum Gasteiger partial charge on any atom is -0.0622 e. The van der Waals surface area contributed by atoms with Gasteiger partial charge in [-0.3, -0.25) is 0 Å².